The molecule has 1 aliphatic rings. The summed E-state index contributed by atoms with van der Waals surface area (Å²) in [5.74, 6) is 1.93. The SMILES string of the molecule is O=C(N[C@H](Cc1ccccc1)c1nc(-c2ccc3c(c2)OCO3)no1)c1cccs1. The molecule has 8 heteroatoms. The van der Waals surface area contributed by atoms with Crippen LogP contribution in [-0.2, 0) is 6.42 Å². The molecular weight excluding hydrogens is 402 g/mol. The number of hydrogen-bond acceptors (Lipinski definition) is 7. The molecule has 5 rings (SSSR count). The number of thiophene rings is 1. The Morgan fingerprint density at radius 3 is 2.77 bits per heavy atom. The number of carbonyl (C=O) groups excluding carboxylic acids is 1. The van der Waals surface area contributed by atoms with Gasteiger partial charge in [-0.2, -0.15) is 4.98 Å². The van der Waals surface area contributed by atoms with E-state index < -0.39 is 6.04 Å². The first-order chi connectivity index (χ1) is 14.8. The molecule has 2 aromatic heterocycles. The van der Waals surface area contributed by atoms with Crippen molar-refractivity contribution in [3.8, 4) is 22.9 Å². The summed E-state index contributed by atoms with van der Waals surface area (Å²) in [6.07, 6.45) is 0.528. The molecule has 0 saturated carbocycles. The van der Waals surface area contributed by atoms with E-state index in [0.717, 1.165) is 11.1 Å². The Labute approximate surface area is 176 Å². The zero-order chi connectivity index (χ0) is 20.3. The third kappa shape index (κ3) is 3.77. The molecule has 0 spiro atoms. The summed E-state index contributed by atoms with van der Waals surface area (Å²) in [6, 6.07) is 18.5. The largest absolute Gasteiger partial charge is 0.454 e. The highest BCUT2D eigenvalue weighted by molar-refractivity contribution is 7.12. The van der Waals surface area contributed by atoms with Crippen molar-refractivity contribution in [2.24, 2.45) is 0 Å². The highest BCUT2D eigenvalue weighted by atomic mass is 32.1. The fourth-order valence-electron chi connectivity index (χ4n) is 3.22. The molecule has 1 amide bonds. The van der Waals surface area contributed by atoms with Gasteiger partial charge in [0.05, 0.1) is 4.88 Å². The molecule has 0 fully saturated rings. The number of nitrogens with one attached hydrogen (secondary N) is 1. The van der Waals surface area contributed by atoms with E-state index >= 15 is 0 Å². The Morgan fingerprint density at radius 2 is 1.93 bits per heavy atom. The predicted octanol–water partition coefficient (Wildman–Crippen LogP) is 4.24. The highest BCUT2D eigenvalue weighted by Gasteiger charge is 2.24. The maximum atomic E-state index is 12.7. The van der Waals surface area contributed by atoms with Gasteiger partial charge in [0.2, 0.25) is 18.5 Å². The van der Waals surface area contributed by atoms with Gasteiger partial charge >= 0.3 is 0 Å². The Hall–Kier alpha value is -3.65. The molecular formula is C22H17N3O4S. The van der Waals surface area contributed by atoms with Gasteiger partial charge < -0.3 is 19.3 Å². The first kappa shape index (κ1) is 18.4. The van der Waals surface area contributed by atoms with Crippen LogP contribution in [0.5, 0.6) is 11.5 Å². The van der Waals surface area contributed by atoms with Crippen molar-refractivity contribution in [1.82, 2.24) is 15.5 Å². The molecule has 7 nitrogen and oxygen atoms in total. The fourth-order valence-corrected chi connectivity index (χ4v) is 3.84. The summed E-state index contributed by atoms with van der Waals surface area (Å²) in [5, 5.41) is 9.00. The molecule has 1 atom stereocenters. The Kier molecular flexibility index (Phi) is 4.90. The van der Waals surface area contributed by atoms with Gasteiger partial charge in [0.25, 0.3) is 5.91 Å². The Balaban J connectivity index is 1.43. The number of ether oxygens (including phenoxy) is 2. The standard InChI is InChI=1S/C22H17N3O4S/c26-21(19-7-4-10-30-19)23-16(11-14-5-2-1-3-6-14)22-24-20(25-29-22)15-8-9-17-18(12-15)28-13-27-17/h1-10,12,16H,11,13H2,(H,23,26)/t16-/m1/s1. The van der Waals surface area contributed by atoms with Crippen LogP contribution < -0.4 is 14.8 Å². The number of amides is 1. The van der Waals surface area contributed by atoms with E-state index in [-0.39, 0.29) is 12.7 Å². The molecule has 0 aliphatic carbocycles. The van der Waals surface area contributed by atoms with E-state index in [4.69, 9.17) is 14.0 Å². The molecule has 1 N–H and O–H groups in total. The monoisotopic (exact) mass is 419 g/mol. The molecule has 0 radical (unpaired) electrons. The van der Waals surface area contributed by atoms with Gasteiger partial charge in [-0.25, -0.2) is 0 Å². The second kappa shape index (κ2) is 8.00. The molecule has 150 valence electrons. The summed E-state index contributed by atoms with van der Waals surface area (Å²) >= 11 is 1.38. The molecule has 0 unspecified atom stereocenters. The van der Waals surface area contributed by atoms with Gasteiger partial charge in [0, 0.05) is 12.0 Å². The maximum absolute atomic E-state index is 12.7. The van der Waals surface area contributed by atoms with Crippen LogP contribution in [0.4, 0.5) is 0 Å². The molecule has 3 heterocycles. The quantitative estimate of drug-likeness (QED) is 0.503. The second-order valence-corrected chi connectivity index (χ2v) is 7.67. The third-order valence-corrected chi connectivity index (χ3v) is 5.57. The van der Waals surface area contributed by atoms with E-state index in [1.165, 1.54) is 11.3 Å². The first-order valence-electron chi connectivity index (χ1n) is 9.38. The van der Waals surface area contributed by atoms with Gasteiger partial charge in [-0.05, 0) is 35.2 Å². The van der Waals surface area contributed by atoms with Crippen molar-refractivity contribution in [1.29, 1.82) is 0 Å². The van der Waals surface area contributed by atoms with Crippen LogP contribution >= 0.6 is 11.3 Å². The summed E-state index contributed by atoms with van der Waals surface area (Å²) in [5.41, 5.74) is 1.80. The average Bonchev–Trinajstić information content (AvgIpc) is 3.55. The van der Waals surface area contributed by atoms with Crippen LogP contribution in [0.2, 0.25) is 0 Å². The summed E-state index contributed by atoms with van der Waals surface area (Å²) < 4.78 is 16.3. The number of rotatable bonds is 6. The van der Waals surface area contributed by atoms with Crippen LogP contribution in [0.15, 0.2) is 70.6 Å². The van der Waals surface area contributed by atoms with Gasteiger partial charge in [-0.1, -0.05) is 41.6 Å². The summed E-state index contributed by atoms with van der Waals surface area (Å²) in [7, 11) is 0. The zero-order valence-corrected chi connectivity index (χ0v) is 16.6. The fraction of sp³-hybridized carbons (Fsp3) is 0.136. The smallest absolute Gasteiger partial charge is 0.262 e. The van der Waals surface area contributed by atoms with Crippen LogP contribution in [0, 0.1) is 0 Å². The van der Waals surface area contributed by atoms with Crippen molar-refractivity contribution in [3.05, 3.63) is 82.4 Å². The van der Waals surface area contributed by atoms with Crippen LogP contribution in [-0.4, -0.2) is 22.8 Å². The topological polar surface area (TPSA) is 86.5 Å². The first-order valence-corrected chi connectivity index (χ1v) is 10.3. The van der Waals surface area contributed by atoms with Crippen LogP contribution in [0.1, 0.15) is 27.2 Å². The zero-order valence-electron chi connectivity index (χ0n) is 15.8. The average molecular weight is 419 g/mol. The van der Waals surface area contributed by atoms with E-state index in [1.54, 1.807) is 6.07 Å². The van der Waals surface area contributed by atoms with Gasteiger partial charge in [0.1, 0.15) is 6.04 Å². The van der Waals surface area contributed by atoms with Crippen molar-refractivity contribution >= 4 is 17.2 Å². The van der Waals surface area contributed by atoms with Crippen LogP contribution in [0.3, 0.4) is 0 Å². The van der Waals surface area contributed by atoms with Gasteiger partial charge in [-0.3, -0.25) is 4.79 Å². The lowest BCUT2D eigenvalue weighted by Gasteiger charge is -2.14. The maximum Gasteiger partial charge on any atom is 0.262 e. The lowest BCUT2D eigenvalue weighted by atomic mass is 10.1. The minimum absolute atomic E-state index is 0.172. The number of aromatic nitrogens is 2. The lowest BCUT2D eigenvalue weighted by molar-refractivity contribution is 0.0932. The number of benzene rings is 2. The van der Waals surface area contributed by atoms with Gasteiger partial charge in [-0.15, -0.1) is 11.3 Å². The van der Waals surface area contributed by atoms with E-state index in [9.17, 15) is 4.79 Å². The number of hydrogen-bond donors (Lipinski definition) is 1. The summed E-state index contributed by atoms with van der Waals surface area (Å²) in [4.78, 5) is 17.8. The van der Waals surface area contributed by atoms with Crippen molar-refractivity contribution in [2.45, 2.75) is 12.5 Å². The van der Waals surface area contributed by atoms with Crippen molar-refractivity contribution < 1.29 is 18.8 Å². The minimum atomic E-state index is -0.461. The molecule has 1 aliphatic heterocycles. The predicted molar refractivity (Wildman–Crippen MR) is 111 cm³/mol. The van der Waals surface area contributed by atoms with Crippen molar-refractivity contribution in [3.63, 3.8) is 0 Å². The number of fused-ring (bicyclic) bond motifs is 1. The van der Waals surface area contributed by atoms with Crippen molar-refractivity contribution in [2.75, 3.05) is 6.79 Å². The van der Waals surface area contributed by atoms with E-state index in [1.807, 2.05) is 60.0 Å². The summed E-state index contributed by atoms with van der Waals surface area (Å²) in [6.45, 7) is 0.199. The molecule has 30 heavy (non-hydrogen) atoms. The minimum Gasteiger partial charge on any atom is -0.454 e. The Morgan fingerprint density at radius 1 is 1.07 bits per heavy atom. The van der Waals surface area contributed by atoms with Gasteiger partial charge in [0.15, 0.2) is 11.5 Å². The molecule has 2 aromatic carbocycles. The highest BCUT2D eigenvalue weighted by Crippen LogP contribution is 2.35. The Bertz CT molecular complexity index is 1160. The molecule has 4 aromatic rings. The third-order valence-electron chi connectivity index (χ3n) is 4.70. The molecule has 0 bridgehead atoms. The van der Waals surface area contributed by atoms with Crippen LogP contribution in [0.25, 0.3) is 11.4 Å². The van der Waals surface area contributed by atoms with E-state index in [0.29, 0.717) is 34.5 Å². The number of carbonyl (C=O) groups is 1. The number of nitrogens with zero attached hydrogens (tertiary/aromatic N) is 2. The van der Waals surface area contributed by atoms with E-state index in [2.05, 4.69) is 15.5 Å². The second-order valence-electron chi connectivity index (χ2n) is 6.72. The normalized spacial score (nSPS) is 13.2. The molecule has 0 saturated heterocycles. The lowest BCUT2D eigenvalue weighted by Crippen LogP contribution is -2.29.